The molecule has 2 fully saturated rings. The number of pyridine rings is 1. The van der Waals surface area contributed by atoms with Crippen molar-refractivity contribution in [2.75, 3.05) is 32.0 Å². The Hall–Kier alpha value is -1.13. The van der Waals surface area contributed by atoms with Crippen molar-refractivity contribution in [3.05, 3.63) is 24.0 Å². The van der Waals surface area contributed by atoms with Gasteiger partial charge in [-0.25, -0.2) is 0 Å². The summed E-state index contributed by atoms with van der Waals surface area (Å²) in [4.78, 5) is 7.13. The average Bonchev–Trinajstić information content (AvgIpc) is 2.49. The molecule has 1 aromatic heterocycles. The van der Waals surface area contributed by atoms with Crippen molar-refractivity contribution in [3.8, 4) is 0 Å². The molecule has 3 rings (SSSR count). The molecule has 0 radical (unpaired) electrons. The van der Waals surface area contributed by atoms with Crippen LogP contribution in [0.1, 0.15) is 37.3 Å². The Balaban J connectivity index is 1.55. The second-order valence-corrected chi connectivity index (χ2v) is 5.67. The standard InChI is InChI=1S/C15H23N3O/c16-13-1-2-15(17-11-13)12-3-7-18(8-4-12)14-5-9-19-10-6-14/h1-2,11-12,14H,3-10,16H2. The van der Waals surface area contributed by atoms with Crippen LogP contribution in [-0.2, 0) is 4.74 Å². The number of rotatable bonds is 2. The van der Waals surface area contributed by atoms with Crippen LogP contribution in [0, 0.1) is 0 Å². The van der Waals surface area contributed by atoms with E-state index < -0.39 is 0 Å². The highest BCUT2D eigenvalue weighted by Crippen LogP contribution is 2.29. The van der Waals surface area contributed by atoms with Crippen molar-refractivity contribution in [2.45, 2.75) is 37.6 Å². The molecular weight excluding hydrogens is 238 g/mol. The second-order valence-electron chi connectivity index (χ2n) is 5.67. The number of piperidine rings is 1. The minimum absolute atomic E-state index is 0.608. The molecular formula is C15H23N3O. The SMILES string of the molecule is Nc1ccc(C2CCN(C3CCOCC3)CC2)nc1. The number of hydrogen-bond acceptors (Lipinski definition) is 4. The Morgan fingerprint density at radius 3 is 2.47 bits per heavy atom. The first-order valence-electron chi connectivity index (χ1n) is 7.36. The van der Waals surface area contributed by atoms with Crippen molar-refractivity contribution in [1.29, 1.82) is 0 Å². The third-order valence-corrected chi connectivity index (χ3v) is 4.46. The summed E-state index contributed by atoms with van der Waals surface area (Å²) in [5.74, 6) is 0.608. The van der Waals surface area contributed by atoms with E-state index in [1.54, 1.807) is 6.20 Å². The molecule has 2 saturated heterocycles. The minimum atomic E-state index is 0.608. The van der Waals surface area contributed by atoms with Crippen LogP contribution in [0.4, 0.5) is 5.69 Å². The van der Waals surface area contributed by atoms with Gasteiger partial charge in [-0.15, -0.1) is 0 Å². The molecule has 4 heteroatoms. The number of nitrogen functional groups attached to an aromatic ring is 1. The number of aromatic nitrogens is 1. The maximum atomic E-state index is 5.69. The summed E-state index contributed by atoms with van der Waals surface area (Å²) in [6.07, 6.45) is 6.61. The number of ether oxygens (including phenoxy) is 1. The summed E-state index contributed by atoms with van der Waals surface area (Å²) in [5, 5.41) is 0. The Labute approximate surface area is 115 Å². The van der Waals surface area contributed by atoms with Crippen molar-refractivity contribution in [2.24, 2.45) is 0 Å². The van der Waals surface area contributed by atoms with E-state index in [9.17, 15) is 0 Å². The van der Waals surface area contributed by atoms with E-state index in [0.717, 1.165) is 24.9 Å². The van der Waals surface area contributed by atoms with Gasteiger partial charge >= 0.3 is 0 Å². The molecule has 0 atom stereocenters. The zero-order chi connectivity index (χ0) is 13.1. The van der Waals surface area contributed by atoms with Crippen LogP contribution < -0.4 is 5.73 Å². The zero-order valence-corrected chi connectivity index (χ0v) is 11.4. The summed E-state index contributed by atoms with van der Waals surface area (Å²) >= 11 is 0. The van der Waals surface area contributed by atoms with Gasteiger partial charge in [0.05, 0.1) is 11.9 Å². The van der Waals surface area contributed by atoms with Crippen LogP contribution in [0.5, 0.6) is 0 Å². The molecule has 2 aliphatic heterocycles. The molecule has 4 nitrogen and oxygen atoms in total. The Bertz CT molecular complexity index is 392. The van der Waals surface area contributed by atoms with Gasteiger partial charge in [0.15, 0.2) is 0 Å². The van der Waals surface area contributed by atoms with Crippen molar-refractivity contribution in [3.63, 3.8) is 0 Å². The Morgan fingerprint density at radius 1 is 1.11 bits per heavy atom. The molecule has 0 unspecified atom stereocenters. The topological polar surface area (TPSA) is 51.4 Å². The molecule has 2 N–H and O–H groups in total. The van der Waals surface area contributed by atoms with Crippen molar-refractivity contribution in [1.82, 2.24) is 9.88 Å². The number of nitrogens with two attached hydrogens (primary N) is 1. The number of anilines is 1. The molecule has 0 spiro atoms. The first kappa shape index (κ1) is 12.9. The molecule has 104 valence electrons. The number of likely N-dealkylation sites (tertiary alicyclic amines) is 1. The van der Waals surface area contributed by atoms with E-state index in [1.807, 2.05) is 6.07 Å². The van der Waals surface area contributed by atoms with E-state index >= 15 is 0 Å². The predicted molar refractivity (Wildman–Crippen MR) is 76.0 cm³/mol. The third kappa shape index (κ3) is 3.07. The lowest BCUT2D eigenvalue weighted by atomic mass is 9.91. The Morgan fingerprint density at radius 2 is 1.84 bits per heavy atom. The fraction of sp³-hybridized carbons (Fsp3) is 0.667. The van der Waals surface area contributed by atoms with Gasteiger partial charge in [-0.2, -0.15) is 0 Å². The van der Waals surface area contributed by atoms with Gasteiger partial charge in [0, 0.05) is 30.9 Å². The molecule has 3 heterocycles. The Kier molecular flexibility index (Phi) is 3.99. The van der Waals surface area contributed by atoms with E-state index in [0.29, 0.717) is 5.92 Å². The molecule has 0 aliphatic carbocycles. The van der Waals surface area contributed by atoms with Gasteiger partial charge < -0.3 is 15.4 Å². The van der Waals surface area contributed by atoms with E-state index in [4.69, 9.17) is 10.5 Å². The first-order valence-corrected chi connectivity index (χ1v) is 7.36. The lowest BCUT2D eigenvalue weighted by Gasteiger charge is -2.39. The predicted octanol–water partition coefficient (Wildman–Crippen LogP) is 2.02. The maximum Gasteiger partial charge on any atom is 0.0501 e. The zero-order valence-electron chi connectivity index (χ0n) is 11.4. The lowest BCUT2D eigenvalue weighted by Crippen LogP contribution is -2.43. The van der Waals surface area contributed by atoms with E-state index in [2.05, 4.69) is 16.0 Å². The van der Waals surface area contributed by atoms with Gasteiger partial charge in [-0.05, 0) is 50.9 Å². The molecule has 0 bridgehead atoms. The monoisotopic (exact) mass is 261 g/mol. The minimum Gasteiger partial charge on any atom is -0.397 e. The highest BCUT2D eigenvalue weighted by molar-refractivity contribution is 5.35. The average molecular weight is 261 g/mol. The maximum absolute atomic E-state index is 5.69. The van der Waals surface area contributed by atoms with Gasteiger partial charge in [0.25, 0.3) is 0 Å². The molecule has 0 aromatic carbocycles. The van der Waals surface area contributed by atoms with E-state index in [-0.39, 0.29) is 0 Å². The summed E-state index contributed by atoms with van der Waals surface area (Å²) < 4.78 is 5.44. The van der Waals surface area contributed by atoms with Crippen LogP contribution in [0.15, 0.2) is 18.3 Å². The number of nitrogens with zero attached hydrogens (tertiary/aromatic N) is 2. The quantitative estimate of drug-likeness (QED) is 0.885. The van der Waals surface area contributed by atoms with Gasteiger partial charge in [-0.1, -0.05) is 0 Å². The van der Waals surface area contributed by atoms with E-state index in [1.165, 1.54) is 44.5 Å². The molecule has 19 heavy (non-hydrogen) atoms. The van der Waals surface area contributed by atoms with Crippen LogP contribution in [0.2, 0.25) is 0 Å². The molecule has 1 aromatic rings. The lowest BCUT2D eigenvalue weighted by molar-refractivity contribution is 0.0250. The van der Waals surface area contributed by atoms with Gasteiger partial charge in [-0.3, -0.25) is 4.98 Å². The number of hydrogen-bond donors (Lipinski definition) is 1. The summed E-state index contributed by atoms with van der Waals surface area (Å²) in [5.41, 5.74) is 7.66. The largest absolute Gasteiger partial charge is 0.397 e. The highest BCUT2D eigenvalue weighted by atomic mass is 16.5. The van der Waals surface area contributed by atoms with Crippen LogP contribution in [0.25, 0.3) is 0 Å². The van der Waals surface area contributed by atoms with Crippen molar-refractivity contribution < 1.29 is 4.74 Å². The fourth-order valence-corrected chi connectivity index (χ4v) is 3.27. The second kappa shape index (κ2) is 5.88. The van der Waals surface area contributed by atoms with Crippen LogP contribution in [0.3, 0.4) is 0 Å². The highest BCUT2D eigenvalue weighted by Gasteiger charge is 2.27. The normalized spacial score (nSPS) is 23.6. The summed E-state index contributed by atoms with van der Waals surface area (Å²) in [7, 11) is 0. The summed E-state index contributed by atoms with van der Waals surface area (Å²) in [6, 6.07) is 4.80. The van der Waals surface area contributed by atoms with Crippen LogP contribution >= 0.6 is 0 Å². The van der Waals surface area contributed by atoms with Crippen LogP contribution in [-0.4, -0.2) is 42.2 Å². The molecule has 2 aliphatic rings. The first-order chi connectivity index (χ1) is 9.33. The smallest absolute Gasteiger partial charge is 0.0501 e. The van der Waals surface area contributed by atoms with Gasteiger partial charge in [0.1, 0.15) is 0 Å². The summed E-state index contributed by atoms with van der Waals surface area (Å²) in [6.45, 7) is 4.26. The fourth-order valence-electron chi connectivity index (χ4n) is 3.27. The van der Waals surface area contributed by atoms with Gasteiger partial charge in [0.2, 0.25) is 0 Å². The third-order valence-electron chi connectivity index (χ3n) is 4.46. The molecule has 0 saturated carbocycles. The van der Waals surface area contributed by atoms with Crippen molar-refractivity contribution >= 4 is 5.69 Å². The molecule has 0 amide bonds.